The molecule has 4 heteroatoms. The van der Waals surface area contributed by atoms with Gasteiger partial charge in [0.1, 0.15) is 6.04 Å². The number of hydrogen-bond donors (Lipinski definition) is 1. The van der Waals surface area contributed by atoms with E-state index in [1.807, 2.05) is 0 Å². The molecule has 0 aromatic heterocycles. The van der Waals surface area contributed by atoms with Crippen LogP contribution in [0.3, 0.4) is 0 Å². The van der Waals surface area contributed by atoms with Gasteiger partial charge in [0, 0.05) is 12.8 Å². The molecule has 1 rings (SSSR count). The van der Waals surface area contributed by atoms with Crippen molar-refractivity contribution in [2.24, 2.45) is 0 Å². The van der Waals surface area contributed by atoms with Crippen molar-refractivity contribution in [2.45, 2.75) is 96.4 Å². The largest absolute Gasteiger partial charge is 0.464 e. The molecule has 1 atom stereocenters. The molecule has 0 radical (unpaired) electrons. The zero-order chi connectivity index (χ0) is 16.0. The summed E-state index contributed by atoms with van der Waals surface area (Å²) in [5.41, 5.74) is 0. The molecule has 0 spiro atoms. The van der Waals surface area contributed by atoms with Crippen LogP contribution in [0.15, 0.2) is 0 Å². The Balaban J connectivity index is 1.83. The summed E-state index contributed by atoms with van der Waals surface area (Å²) in [6.07, 6.45) is 15.2. The Hall–Kier alpha value is -1.06. The van der Waals surface area contributed by atoms with E-state index < -0.39 is 6.04 Å². The summed E-state index contributed by atoms with van der Waals surface area (Å²) < 4.78 is 4.82. The Labute approximate surface area is 135 Å². The molecular formula is C18H33NO3. The zero-order valence-electron chi connectivity index (χ0n) is 14.2. The third-order valence-corrected chi connectivity index (χ3v) is 4.28. The number of rotatable bonds is 13. The Morgan fingerprint density at radius 1 is 1.00 bits per heavy atom. The molecule has 1 amide bonds. The van der Waals surface area contributed by atoms with E-state index in [0.29, 0.717) is 19.4 Å². The molecule has 0 bridgehead atoms. The first-order chi connectivity index (χ1) is 10.7. The first kappa shape index (κ1) is 19.0. The van der Waals surface area contributed by atoms with Gasteiger partial charge in [-0.1, -0.05) is 71.1 Å². The molecule has 1 saturated heterocycles. The topological polar surface area (TPSA) is 55.4 Å². The molecule has 0 saturated carbocycles. The number of carbonyl (C=O) groups is 2. The van der Waals surface area contributed by atoms with Crippen molar-refractivity contribution >= 4 is 11.9 Å². The van der Waals surface area contributed by atoms with Crippen LogP contribution >= 0.6 is 0 Å². The first-order valence-electron chi connectivity index (χ1n) is 9.20. The van der Waals surface area contributed by atoms with Crippen LogP contribution in [0.2, 0.25) is 0 Å². The third-order valence-electron chi connectivity index (χ3n) is 4.28. The van der Waals surface area contributed by atoms with Gasteiger partial charge in [0.05, 0.1) is 6.61 Å². The Morgan fingerprint density at radius 2 is 1.55 bits per heavy atom. The van der Waals surface area contributed by atoms with Crippen molar-refractivity contribution in [3.63, 3.8) is 0 Å². The molecule has 1 N–H and O–H groups in total. The second-order valence-corrected chi connectivity index (χ2v) is 6.36. The van der Waals surface area contributed by atoms with Crippen molar-refractivity contribution in [1.29, 1.82) is 0 Å². The molecular weight excluding hydrogens is 278 g/mol. The summed E-state index contributed by atoms with van der Waals surface area (Å²) >= 11 is 0. The van der Waals surface area contributed by atoms with Crippen molar-refractivity contribution < 1.29 is 14.3 Å². The fraction of sp³-hybridized carbons (Fsp3) is 0.889. The summed E-state index contributed by atoms with van der Waals surface area (Å²) in [4.78, 5) is 22.9. The van der Waals surface area contributed by atoms with E-state index in [0.717, 1.165) is 12.8 Å². The van der Waals surface area contributed by atoms with Crippen molar-refractivity contribution in [2.75, 3.05) is 6.61 Å². The number of hydrogen-bond acceptors (Lipinski definition) is 3. The van der Waals surface area contributed by atoms with Gasteiger partial charge in [0.2, 0.25) is 5.91 Å². The zero-order valence-corrected chi connectivity index (χ0v) is 14.2. The maximum Gasteiger partial charge on any atom is 0.328 e. The number of ether oxygens (including phenoxy) is 1. The Bertz CT molecular complexity index is 317. The van der Waals surface area contributed by atoms with E-state index in [1.165, 1.54) is 57.8 Å². The van der Waals surface area contributed by atoms with E-state index >= 15 is 0 Å². The molecule has 0 aliphatic carbocycles. The predicted molar refractivity (Wildman–Crippen MR) is 88.6 cm³/mol. The number of nitrogens with one attached hydrogen (secondary N) is 1. The van der Waals surface area contributed by atoms with Crippen LogP contribution in [0, 0.1) is 0 Å². The van der Waals surface area contributed by atoms with E-state index in [9.17, 15) is 9.59 Å². The maximum absolute atomic E-state index is 11.7. The molecule has 22 heavy (non-hydrogen) atoms. The van der Waals surface area contributed by atoms with Crippen LogP contribution in [0.5, 0.6) is 0 Å². The van der Waals surface area contributed by atoms with Gasteiger partial charge in [0.25, 0.3) is 0 Å². The van der Waals surface area contributed by atoms with Crippen molar-refractivity contribution in [3.05, 3.63) is 0 Å². The maximum atomic E-state index is 11.7. The quantitative estimate of drug-likeness (QED) is 0.411. The van der Waals surface area contributed by atoms with Crippen molar-refractivity contribution in [3.8, 4) is 0 Å². The van der Waals surface area contributed by atoms with Gasteiger partial charge in [-0.3, -0.25) is 4.79 Å². The van der Waals surface area contributed by atoms with Gasteiger partial charge < -0.3 is 10.1 Å². The second kappa shape index (κ2) is 12.5. The number of amides is 1. The van der Waals surface area contributed by atoms with Crippen LogP contribution in [0.1, 0.15) is 90.4 Å². The van der Waals surface area contributed by atoms with Crippen LogP contribution in [0.4, 0.5) is 0 Å². The summed E-state index contributed by atoms with van der Waals surface area (Å²) in [6, 6.07) is -0.403. The summed E-state index contributed by atoms with van der Waals surface area (Å²) in [5.74, 6) is -0.299. The molecule has 0 aromatic rings. The molecule has 0 aromatic carbocycles. The number of unbranched alkanes of at least 4 members (excludes halogenated alkanes) is 10. The highest BCUT2D eigenvalue weighted by Crippen LogP contribution is 2.12. The minimum Gasteiger partial charge on any atom is -0.464 e. The lowest BCUT2D eigenvalue weighted by Crippen LogP contribution is -2.37. The average Bonchev–Trinajstić information content (AvgIpc) is 2.90. The van der Waals surface area contributed by atoms with Gasteiger partial charge in [-0.2, -0.15) is 0 Å². The Morgan fingerprint density at radius 3 is 2.05 bits per heavy atom. The fourth-order valence-corrected chi connectivity index (χ4v) is 2.84. The van der Waals surface area contributed by atoms with Gasteiger partial charge >= 0.3 is 5.97 Å². The Kier molecular flexibility index (Phi) is 10.8. The molecule has 1 fully saturated rings. The molecule has 1 aliphatic heterocycles. The molecule has 4 nitrogen and oxygen atoms in total. The highest BCUT2D eigenvalue weighted by Gasteiger charge is 2.27. The minimum atomic E-state index is -0.403. The normalized spacial score (nSPS) is 17.5. The summed E-state index contributed by atoms with van der Waals surface area (Å²) in [5, 5.41) is 2.75. The van der Waals surface area contributed by atoms with E-state index in [4.69, 9.17) is 4.74 Å². The number of cyclic esters (lactones) is 1. The number of carbonyl (C=O) groups excluding carboxylic acids is 2. The van der Waals surface area contributed by atoms with Crippen LogP contribution in [0.25, 0.3) is 0 Å². The van der Waals surface area contributed by atoms with Gasteiger partial charge in [0.15, 0.2) is 0 Å². The van der Waals surface area contributed by atoms with Crippen molar-refractivity contribution in [1.82, 2.24) is 5.32 Å². The highest BCUT2D eigenvalue weighted by molar-refractivity contribution is 5.85. The van der Waals surface area contributed by atoms with Crippen LogP contribution in [-0.4, -0.2) is 24.5 Å². The second-order valence-electron chi connectivity index (χ2n) is 6.36. The molecule has 128 valence electrons. The summed E-state index contributed by atoms with van der Waals surface area (Å²) in [6.45, 7) is 2.68. The summed E-state index contributed by atoms with van der Waals surface area (Å²) in [7, 11) is 0. The fourth-order valence-electron chi connectivity index (χ4n) is 2.84. The highest BCUT2D eigenvalue weighted by atomic mass is 16.5. The van der Waals surface area contributed by atoms with E-state index in [2.05, 4.69) is 12.2 Å². The lowest BCUT2D eigenvalue weighted by atomic mass is 10.1. The van der Waals surface area contributed by atoms with Gasteiger partial charge in [-0.25, -0.2) is 4.79 Å². The van der Waals surface area contributed by atoms with E-state index in [1.54, 1.807) is 0 Å². The van der Waals surface area contributed by atoms with E-state index in [-0.39, 0.29) is 11.9 Å². The molecule has 1 unspecified atom stereocenters. The predicted octanol–water partition coefficient (Wildman–Crippen LogP) is 4.12. The minimum absolute atomic E-state index is 0.0141. The van der Waals surface area contributed by atoms with Crippen LogP contribution < -0.4 is 5.32 Å². The smallest absolute Gasteiger partial charge is 0.328 e. The standard InChI is InChI=1S/C18H33NO3/c1-2-3-4-5-6-7-8-9-10-11-12-13-17(20)19-16-14-15-22-18(16)21/h16H,2-15H2,1H3,(H,19,20). The lowest BCUT2D eigenvalue weighted by Gasteiger charge is -2.08. The van der Waals surface area contributed by atoms with Gasteiger partial charge in [-0.15, -0.1) is 0 Å². The van der Waals surface area contributed by atoms with Crippen LogP contribution in [-0.2, 0) is 14.3 Å². The SMILES string of the molecule is CCCCCCCCCCCCCC(=O)NC1CCOC1=O. The molecule has 1 aliphatic rings. The lowest BCUT2D eigenvalue weighted by molar-refractivity contribution is -0.141. The first-order valence-corrected chi connectivity index (χ1v) is 9.20. The number of esters is 1. The van der Waals surface area contributed by atoms with Gasteiger partial charge in [-0.05, 0) is 6.42 Å². The monoisotopic (exact) mass is 311 g/mol. The molecule has 1 heterocycles. The third kappa shape index (κ3) is 9.06. The average molecular weight is 311 g/mol.